The van der Waals surface area contributed by atoms with Crippen LogP contribution < -0.4 is 5.32 Å². The molecule has 10 heteroatoms. The molecule has 1 fully saturated rings. The number of carbonyl (C=O) groups excluding carboxylic acids is 2. The van der Waals surface area contributed by atoms with Crippen molar-refractivity contribution < 1.29 is 18.0 Å². The Balaban J connectivity index is 1.33. The number of likely N-dealkylation sites (N-methyl/N-ethyl adjacent to an activating group) is 1. The van der Waals surface area contributed by atoms with E-state index in [9.17, 15) is 18.0 Å². The highest BCUT2D eigenvalue weighted by Gasteiger charge is 2.32. The number of hydrogen-bond acceptors (Lipinski definition) is 5. The molecule has 3 amide bonds. The Labute approximate surface area is 187 Å². The number of hydrogen-bond donors (Lipinski definition) is 1. The Kier molecular flexibility index (Phi) is 5.88. The van der Waals surface area contributed by atoms with E-state index in [0.717, 1.165) is 11.3 Å². The molecule has 9 nitrogen and oxygen atoms in total. The summed E-state index contributed by atoms with van der Waals surface area (Å²) in [7, 11) is -2.08. The number of benzene rings is 2. The zero-order valence-corrected chi connectivity index (χ0v) is 18.8. The van der Waals surface area contributed by atoms with Crippen LogP contribution in [0, 0.1) is 6.92 Å². The molecule has 0 bridgehead atoms. The van der Waals surface area contributed by atoms with Crippen LogP contribution in [-0.2, 0) is 14.8 Å². The summed E-state index contributed by atoms with van der Waals surface area (Å²) in [5.74, 6) is 0.126. The number of amidine groups is 1. The van der Waals surface area contributed by atoms with Crippen molar-refractivity contribution in [3.05, 3.63) is 59.7 Å². The molecule has 2 aliphatic rings. The number of anilines is 1. The van der Waals surface area contributed by atoms with Crippen molar-refractivity contribution in [3.8, 4) is 0 Å². The van der Waals surface area contributed by atoms with E-state index in [-0.39, 0.29) is 29.2 Å². The van der Waals surface area contributed by atoms with Crippen molar-refractivity contribution in [1.29, 1.82) is 0 Å². The van der Waals surface area contributed by atoms with E-state index in [2.05, 4.69) is 9.71 Å². The van der Waals surface area contributed by atoms with Crippen molar-refractivity contribution in [2.45, 2.75) is 11.8 Å². The first kappa shape index (κ1) is 21.8. The van der Waals surface area contributed by atoms with E-state index in [1.54, 1.807) is 39.9 Å². The largest absolute Gasteiger partial charge is 0.349 e. The predicted molar refractivity (Wildman–Crippen MR) is 121 cm³/mol. The first-order chi connectivity index (χ1) is 15.2. The Bertz CT molecular complexity index is 1190. The van der Waals surface area contributed by atoms with Crippen LogP contribution >= 0.6 is 0 Å². The lowest BCUT2D eigenvalue weighted by molar-refractivity contribution is -0.132. The Morgan fingerprint density at radius 3 is 2.44 bits per heavy atom. The highest BCUT2D eigenvalue weighted by Crippen LogP contribution is 2.27. The molecule has 1 N–H and O–H groups in total. The fraction of sp³-hybridized carbons (Fsp3) is 0.318. The van der Waals surface area contributed by atoms with Gasteiger partial charge in [0.1, 0.15) is 4.90 Å². The fourth-order valence-electron chi connectivity index (χ4n) is 3.83. The van der Waals surface area contributed by atoms with E-state index in [0.29, 0.717) is 31.7 Å². The van der Waals surface area contributed by atoms with Gasteiger partial charge in [-0.2, -0.15) is 8.42 Å². The topological polar surface area (TPSA) is 102 Å². The molecule has 2 heterocycles. The van der Waals surface area contributed by atoms with Gasteiger partial charge in [0.05, 0.1) is 6.54 Å². The maximum atomic E-state index is 12.8. The highest BCUT2D eigenvalue weighted by molar-refractivity contribution is 7.90. The van der Waals surface area contributed by atoms with Gasteiger partial charge in [-0.1, -0.05) is 24.3 Å². The van der Waals surface area contributed by atoms with Gasteiger partial charge in [-0.05, 0) is 36.8 Å². The number of sulfonamides is 1. The molecular weight excluding hydrogens is 430 g/mol. The van der Waals surface area contributed by atoms with Gasteiger partial charge >= 0.3 is 6.03 Å². The van der Waals surface area contributed by atoms with Crippen molar-refractivity contribution in [3.63, 3.8) is 0 Å². The smallest absolute Gasteiger partial charge is 0.321 e. The normalized spacial score (nSPS) is 16.9. The van der Waals surface area contributed by atoms with Gasteiger partial charge in [0.25, 0.3) is 10.0 Å². The summed E-state index contributed by atoms with van der Waals surface area (Å²) in [6, 6.07) is 14.0. The number of carbonyl (C=O) groups is 2. The van der Waals surface area contributed by atoms with E-state index < -0.39 is 10.0 Å². The van der Waals surface area contributed by atoms with Crippen LogP contribution in [0.2, 0.25) is 0 Å². The second kappa shape index (κ2) is 8.62. The molecule has 0 radical (unpaired) electrons. The number of piperazine rings is 1. The molecule has 0 saturated carbocycles. The van der Waals surface area contributed by atoms with Crippen LogP contribution in [0.4, 0.5) is 10.5 Å². The van der Waals surface area contributed by atoms with Crippen molar-refractivity contribution in [2.75, 3.05) is 45.1 Å². The summed E-state index contributed by atoms with van der Waals surface area (Å²) in [5.41, 5.74) is 2.30. The summed E-state index contributed by atoms with van der Waals surface area (Å²) in [5, 5.41) is 2.89. The summed E-state index contributed by atoms with van der Waals surface area (Å²) in [4.78, 5) is 30.4. The van der Waals surface area contributed by atoms with Crippen LogP contribution in [0.1, 0.15) is 11.1 Å². The van der Waals surface area contributed by atoms with E-state index in [4.69, 9.17) is 0 Å². The fourth-order valence-corrected chi connectivity index (χ4v) is 5.08. The molecule has 0 atom stereocenters. The Morgan fingerprint density at radius 1 is 1.03 bits per heavy atom. The maximum Gasteiger partial charge on any atom is 0.321 e. The van der Waals surface area contributed by atoms with Gasteiger partial charge in [-0.15, -0.1) is 4.40 Å². The predicted octanol–water partition coefficient (Wildman–Crippen LogP) is 1.75. The van der Waals surface area contributed by atoms with Crippen LogP contribution in [-0.4, -0.2) is 80.7 Å². The quantitative estimate of drug-likeness (QED) is 0.760. The third kappa shape index (κ3) is 4.45. The monoisotopic (exact) mass is 455 g/mol. The van der Waals surface area contributed by atoms with Crippen LogP contribution in [0.15, 0.2) is 57.8 Å². The van der Waals surface area contributed by atoms with Gasteiger partial charge in [0, 0.05) is 44.5 Å². The van der Waals surface area contributed by atoms with Crippen molar-refractivity contribution >= 4 is 33.5 Å². The number of nitrogens with zero attached hydrogens (tertiary/aromatic N) is 4. The van der Waals surface area contributed by atoms with Crippen LogP contribution in [0.5, 0.6) is 0 Å². The minimum absolute atomic E-state index is 0.00181. The maximum absolute atomic E-state index is 12.8. The van der Waals surface area contributed by atoms with Gasteiger partial charge in [0.2, 0.25) is 5.91 Å². The van der Waals surface area contributed by atoms with Crippen molar-refractivity contribution in [2.24, 2.45) is 4.40 Å². The third-order valence-electron chi connectivity index (χ3n) is 5.54. The molecule has 0 aromatic heterocycles. The summed E-state index contributed by atoms with van der Waals surface area (Å²) in [6.45, 7) is 3.63. The van der Waals surface area contributed by atoms with E-state index >= 15 is 0 Å². The van der Waals surface area contributed by atoms with Gasteiger partial charge in [0.15, 0.2) is 5.84 Å². The molecular formula is C22H25N5O4S. The third-order valence-corrected chi connectivity index (χ3v) is 6.86. The summed E-state index contributed by atoms with van der Waals surface area (Å²) in [6.07, 6.45) is 0. The number of urea groups is 1. The number of amides is 3. The molecule has 2 aromatic carbocycles. The molecule has 168 valence electrons. The lowest BCUT2D eigenvalue weighted by Crippen LogP contribution is -2.53. The average Bonchev–Trinajstić information content (AvgIpc) is 3.05. The SMILES string of the molecule is Cc1cccc(NC(=O)N2CCN(C(=O)CN(C)C3=NS(=O)(=O)c4ccccc43)CC2)c1. The second-order valence-corrected chi connectivity index (χ2v) is 9.48. The first-order valence-electron chi connectivity index (χ1n) is 10.3. The molecule has 2 aromatic rings. The molecule has 1 saturated heterocycles. The zero-order chi connectivity index (χ0) is 22.9. The molecule has 0 unspecified atom stereocenters. The summed E-state index contributed by atoms with van der Waals surface area (Å²) < 4.78 is 28.4. The standard InChI is InChI=1S/C22H25N5O4S/c1-16-6-5-7-17(14-16)23-22(29)27-12-10-26(11-13-27)20(28)15-25(2)21-18-8-3-4-9-19(18)32(30,31)24-21/h3-9,14H,10-13,15H2,1-2H3,(H,23,29). The van der Waals surface area contributed by atoms with Gasteiger partial charge in [-0.25, -0.2) is 4.79 Å². The average molecular weight is 456 g/mol. The molecule has 32 heavy (non-hydrogen) atoms. The number of aryl methyl sites for hydroxylation is 1. The summed E-state index contributed by atoms with van der Waals surface area (Å²) >= 11 is 0. The molecule has 2 aliphatic heterocycles. The Hall–Kier alpha value is -3.40. The van der Waals surface area contributed by atoms with Crippen molar-refractivity contribution in [1.82, 2.24) is 14.7 Å². The van der Waals surface area contributed by atoms with Gasteiger partial charge < -0.3 is 20.0 Å². The first-order valence-corrected chi connectivity index (χ1v) is 11.7. The van der Waals surface area contributed by atoms with E-state index in [1.165, 1.54) is 6.07 Å². The van der Waals surface area contributed by atoms with E-state index in [1.807, 2.05) is 31.2 Å². The van der Waals surface area contributed by atoms with Gasteiger partial charge in [-0.3, -0.25) is 4.79 Å². The minimum Gasteiger partial charge on any atom is -0.349 e. The number of fused-ring (bicyclic) bond motifs is 1. The highest BCUT2D eigenvalue weighted by atomic mass is 32.2. The zero-order valence-electron chi connectivity index (χ0n) is 18.0. The number of rotatable bonds is 3. The Morgan fingerprint density at radius 2 is 1.72 bits per heavy atom. The lowest BCUT2D eigenvalue weighted by atomic mass is 10.2. The lowest BCUT2D eigenvalue weighted by Gasteiger charge is -2.35. The molecule has 0 spiro atoms. The molecule has 4 rings (SSSR count). The van der Waals surface area contributed by atoms with Crippen LogP contribution in [0.3, 0.4) is 0 Å². The molecule has 0 aliphatic carbocycles. The van der Waals surface area contributed by atoms with Crippen LogP contribution in [0.25, 0.3) is 0 Å². The minimum atomic E-state index is -3.74. The second-order valence-electron chi connectivity index (χ2n) is 7.91. The number of nitrogens with one attached hydrogen (secondary N) is 1.